The van der Waals surface area contributed by atoms with E-state index in [-0.39, 0.29) is 11.9 Å². The average molecular weight is 274 g/mol. The van der Waals surface area contributed by atoms with Gasteiger partial charge in [0.25, 0.3) is 0 Å². The monoisotopic (exact) mass is 274 g/mol. The summed E-state index contributed by atoms with van der Waals surface area (Å²) in [5.74, 6) is 6.13. The minimum absolute atomic E-state index is 0.271. The molecule has 1 atom stereocenters. The number of hydrogen-bond donors (Lipinski definition) is 2. The molecule has 0 amide bonds. The minimum atomic E-state index is -0.320. The van der Waals surface area contributed by atoms with Crippen LogP contribution < -0.4 is 16.0 Å². The first-order chi connectivity index (χ1) is 9.55. The Balaban J connectivity index is 2.54. The van der Waals surface area contributed by atoms with Gasteiger partial charge in [0.1, 0.15) is 11.6 Å². The van der Waals surface area contributed by atoms with Crippen LogP contribution in [-0.2, 0) is 0 Å². The van der Waals surface area contributed by atoms with Crippen molar-refractivity contribution in [2.24, 2.45) is 5.84 Å². The predicted molar refractivity (Wildman–Crippen MR) is 78.0 cm³/mol. The van der Waals surface area contributed by atoms with Gasteiger partial charge in [-0.05, 0) is 43.2 Å². The summed E-state index contributed by atoms with van der Waals surface area (Å²) >= 11 is 0. The van der Waals surface area contributed by atoms with E-state index >= 15 is 0 Å². The number of hydrazine groups is 1. The zero-order chi connectivity index (χ0) is 14.7. The molecule has 2 rings (SSSR count). The van der Waals surface area contributed by atoms with Gasteiger partial charge >= 0.3 is 0 Å². The number of rotatable bonds is 4. The topological polar surface area (TPSA) is 47.3 Å². The first-order valence-corrected chi connectivity index (χ1v) is 6.43. The summed E-state index contributed by atoms with van der Waals surface area (Å²) in [4.78, 5) is 0. The van der Waals surface area contributed by atoms with Gasteiger partial charge in [0, 0.05) is 5.56 Å². The average Bonchev–Trinajstić information content (AvgIpc) is 2.39. The quantitative estimate of drug-likeness (QED) is 0.665. The molecule has 20 heavy (non-hydrogen) atoms. The molecule has 0 saturated carbocycles. The van der Waals surface area contributed by atoms with Gasteiger partial charge in [-0.3, -0.25) is 5.84 Å². The molecule has 0 aliphatic rings. The van der Waals surface area contributed by atoms with E-state index in [2.05, 4.69) is 5.43 Å². The summed E-state index contributed by atoms with van der Waals surface area (Å²) < 4.78 is 19.0. The fraction of sp³-hybridized carbons (Fsp3) is 0.250. The molecular formula is C16H19FN2O. The molecular weight excluding hydrogens is 255 g/mol. The van der Waals surface area contributed by atoms with Crippen molar-refractivity contribution in [1.82, 2.24) is 5.43 Å². The van der Waals surface area contributed by atoms with Gasteiger partial charge in [-0.25, -0.2) is 9.82 Å². The summed E-state index contributed by atoms with van der Waals surface area (Å²) in [6.07, 6.45) is 0. The number of hydrogen-bond acceptors (Lipinski definition) is 3. The van der Waals surface area contributed by atoms with Crippen LogP contribution in [0.3, 0.4) is 0 Å². The molecule has 106 valence electrons. The van der Waals surface area contributed by atoms with Gasteiger partial charge in [0.2, 0.25) is 0 Å². The van der Waals surface area contributed by atoms with Crippen molar-refractivity contribution in [3.63, 3.8) is 0 Å². The highest BCUT2D eigenvalue weighted by atomic mass is 19.1. The second kappa shape index (κ2) is 6.03. The largest absolute Gasteiger partial charge is 0.496 e. The van der Waals surface area contributed by atoms with Crippen molar-refractivity contribution in [2.75, 3.05) is 7.11 Å². The lowest BCUT2D eigenvalue weighted by Crippen LogP contribution is -2.29. The Morgan fingerprint density at radius 3 is 2.45 bits per heavy atom. The molecule has 2 aromatic rings. The third-order valence-electron chi connectivity index (χ3n) is 3.26. The van der Waals surface area contributed by atoms with Crippen LogP contribution in [0.4, 0.5) is 4.39 Å². The first kappa shape index (κ1) is 14.5. The Labute approximate surface area is 118 Å². The van der Waals surface area contributed by atoms with Crippen molar-refractivity contribution >= 4 is 0 Å². The molecule has 4 heteroatoms. The predicted octanol–water partition coefficient (Wildman–Crippen LogP) is 3.00. The number of nitrogens with one attached hydrogen (secondary N) is 1. The lowest BCUT2D eigenvalue weighted by atomic mass is 9.95. The van der Waals surface area contributed by atoms with Gasteiger partial charge < -0.3 is 4.74 Å². The summed E-state index contributed by atoms with van der Waals surface area (Å²) in [7, 11) is 1.61. The van der Waals surface area contributed by atoms with Crippen molar-refractivity contribution < 1.29 is 9.13 Å². The molecule has 2 aromatic carbocycles. The van der Waals surface area contributed by atoms with Gasteiger partial charge in [0.15, 0.2) is 0 Å². The first-order valence-electron chi connectivity index (χ1n) is 6.43. The highest BCUT2D eigenvalue weighted by molar-refractivity contribution is 5.44. The summed E-state index contributed by atoms with van der Waals surface area (Å²) in [6, 6.07) is 10.4. The maximum absolute atomic E-state index is 13.6. The highest BCUT2D eigenvalue weighted by Gasteiger charge is 2.18. The lowest BCUT2D eigenvalue weighted by molar-refractivity contribution is 0.404. The Morgan fingerprint density at radius 2 is 1.85 bits per heavy atom. The van der Waals surface area contributed by atoms with E-state index in [1.807, 2.05) is 38.1 Å². The van der Waals surface area contributed by atoms with Crippen molar-refractivity contribution in [3.8, 4) is 5.75 Å². The van der Waals surface area contributed by atoms with Crippen LogP contribution in [0.5, 0.6) is 5.75 Å². The van der Waals surface area contributed by atoms with Gasteiger partial charge in [-0.15, -0.1) is 0 Å². The van der Waals surface area contributed by atoms with Crippen LogP contribution in [0.25, 0.3) is 0 Å². The number of halogens is 1. The third-order valence-corrected chi connectivity index (χ3v) is 3.26. The summed E-state index contributed by atoms with van der Waals surface area (Å²) in [5.41, 5.74) is 6.35. The van der Waals surface area contributed by atoms with Crippen molar-refractivity contribution in [1.29, 1.82) is 0 Å². The number of nitrogens with two attached hydrogens (primary N) is 1. The zero-order valence-corrected chi connectivity index (χ0v) is 11.9. The summed E-state index contributed by atoms with van der Waals surface area (Å²) in [6.45, 7) is 3.85. The van der Waals surface area contributed by atoms with E-state index in [9.17, 15) is 4.39 Å². The molecule has 0 saturated heterocycles. The van der Waals surface area contributed by atoms with Crippen LogP contribution in [0.15, 0.2) is 36.4 Å². The molecule has 0 aromatic heterocycles. The Hall–Kier alpha value is -1.91. The number of ether oxygens (including phenoxy) is 1. The van der Waals surface area contributed by atoms with E-state index < -0.39 is 0 Å². The fourth-order valence-electron chi connectivity index (χ4n) is 2.38. The standard InChI is InChI=1S/C16H19FN2O/c1-10-4-5-15(20-3)14(8-10)16(19-18)12-6-11(2)7-13(17)9-12/h4-9,16,19H,18H2,1-3H3. The molecule has 3 N–H and O–H groups in total. The van der Waals surface area contributed by atoms with Gasteiger partial charge in [-0.1, -0.05) is 23.8 Å². The van der Waals surface area contributed by atoms with Gasteiger partial charge in [-0.2, -0.15) is 0 Å². The van der Waals surface area contributed by atoms with Crippen LogP contribution in [0.1, 0.15) is 28.3 Å². The number of methoxy groups -OCH3 is 1. The van der Waals surface area contributed by atoms with Crippen molar-refractivity contribution in [3.05, 3.63) is 64.5 Å². The second-order valence-electron chi connectivity index (χ2n) is 4.91. The fourth-order valence-corrected chi connectivity index (χ4v) is 2.38. The Kier molecular flexibility index (Phi) is 4.37. The number of benzene rings is 2. The van der Waals surface area contributed by atoms with Crippen LogP contribution in [-0.4, -0.2) is 7.11 Å². The lowest BCUT2D eigenvalue weighted by Gasteiger charge is -2.20. The Morgan fingerprint density at radius 1 is 1.10 bits per heavy atom. The molecule has 3 nitrogen and oxygen atoms in total. The molecule has 0 bridgehead atoms. The van der Waals surface area contributed by atoms with Crippen molar-refractivity contribution in [2.45, 2.75) is 19.9 Å². The molecule has 0 heterocycles. The normalized spacial score (nSPS) is 12.2. The second-order valence-corrected chi connectivity index (χ2v) is 4.91. The SMILES string of the molecule is COc1ccc(C)cc1C(NN)c1cc(C)cc(F)c1. The molecule has 0 radical (unpaired) electrons. The van der Waals surface area contributed by atoms with Gasteiger partial charge in [0.05, 0.1) is 13.2 Å². The van der Waals surface area contributed by atoms with E-state index in [0.29, 0.717) is 0 Å². The van der Waals surface area contributed by atoms with E-state index in [1.165, 1.54) is 12.1 Å². The third kappa shape index (κ3) is 2.98. The molecule has 1 unspecified atom stereocenters. The maximum Gasteiger partial charge on any atom is 0.124 e. The zero-order valence-electron chi connectivity index (χ0n) is 11.9. The Bertz CT molecular complexity index is 593. The summed E-state index contributed by atoms with van der Waals surface area (Å²) in [5, 5.41) is 0. The van der Waals surface area contributed by atoms with Crippen LogP contribution in [0, 0.1) is 19.7 Å². The van der Waals surface area contributed by atoms with E-state index in [1.54, 1.807) is 7.11 Å². The van der Waals surface area contributed by atoms with Crippen LogP contribution in [0.2, 0.25) is 0 Å². The molecule has 0 spiro atoms. The maximum atomic E-state index is 13.6. The highest BCUT2D eigenvalue weighted by Crippen LogP contribution is 2.31. The molecule has 0 aliphatic carbocycles. The van der Waals surface area contributed by atoms with E-state index in [0.717, 1.165) is 28.0 Å². The smallest absolute Gasteiger partial charge is 0.124 e. The molecule has 0 fully saturated rings. The minimum Gasteiger partial charge on any atom is -0.496 e. The molecule has 0 aliphatic heterocycles. The van der Waals surface area contributed by atoms with Crippen LogP contribution >= 0.6 is 0 Å². The number of aryl methyl sites for hydroxylation is 2. The van der Waals surface area contributed by atoms with E-state index in [4.69, 9.17) is 10.6 Å².